The van der Waals surface area contributed by atoms with Crippen LogP contribution in [-0.2, 0) is 0 Å². The van der Waals surface area contributed by atoms with Gasteiger partial charge in [-0.15, -0.1) is 0 Å². The molecule has 116 valence electrons. The Kier molecular flexibility index (Phi) is 5.56. The molecule has 0 aromatic heterocycles. The summed E-state index contributed by atoms with van der Waals surface area (Å²) in [7, 11) is 2.08. The van der Waals surface area contributed by atoms with Crippen LogP contribution in [0.4, 0.5) is 4.39 Å². The van der Waals surface area contributed by atoms with Crippen molar-refractivity contribution < 1.29 is 9.18 Å². The van der Waals surface area contributed by atoms with E-state index in [4.69, 9.17) is 11.6 Å². The monoisotopic (exact) mass is 313 g/mol. The van der Waals surface area contributed by atoms with Gasteiger partial charge in [-0.1, -0.05) is 11.6 Å². The Hall–Kier alpha value is -1.17. The summed E-state index contributed by atoms with van der Waals surface area (Å²) < 4.78 is 13.5. The van der Waals surface area contributed by atoms with Gasteiger partial charge in [0, 0.05) is 32.2 Å². The molecule has 0 spiro atoms. The van der Waals surface area contributed by atoms with Gasteiger partial charge in [0.05, 0.1) is 10.6 Å². The molecule has 0 aliphatic carbocycles. The predicted octanol–water partition coefficient (Wildman–Crippen LogP) is 1.81. The highest BCUT2D eigenvalue weighted by Gasteiger charge is 2.19. The van der Waals surface area contributed by atoms with E-state index >= 15 is 0 Å². The predicted molar refractivity (Wildman–Crippen MR) is 82.4 cm³/mol. The van der Waals surface area contributed by atoms with Gasteiger partial charge in [0.15, 0.2) is 0 Å². The molecule has 4 nitrogen and oxygen atoms in total. The second-order valence-corrected chi connectivity index (χ2v) is 5.87. The van der Waals surface area contributed by atoms with Crippen LogP contribution in [0.2, 0.25) is 5.02 Å². The molecule has 1 unspecified atom stereocenters. The Balaban J connectivity index is 1.88. The van der Waals surface area contributed by atoms with Crippen LogP contribution in [-0.4, -0.2) is 50.1 Å². The minimum Gasteiger partial charge on any atom is -0.352 e. The van der Waals surface area contributed by atoms with Crippen molar-refractivity contribution >= 4 is 17.5 Å². The zero-order chi connectivity index (χ0) is 15.4. The van der Waals surface area contributed by atoms with Crippen molar-refractivity contribution in [2.75, 3.05) is 33.2 Å². The molecule has 1 heterocycles. The highest BCUT2D eigenvalue weighted by Crippen LogP contribution is 2.20. The van der Waals surface area contributed by atoms with Crippen LogP contribution < -0.4 is 10.6 Å². The summed E-state index contributed by atoms with van der Waals surface area (Å²) in [5.74, 6) is -0.744. The van der Waals surface area contributed by atoms with Gasteiger partial charge in [-0.05, 0) is 38.1 Å². The fraction of sp³-hybridized carbons (Fsp3) is 0.533. The quantitative estimate of drug-likeness (QED) is 0.891. The van der Waals surface area contributed by atoms with Crippen molar-refractivity contribution in [3.05, 3.63) is 34.1 Å². The molecule has 2 rings (SSSR count). The van der Waals surface area contributed by atoms with Crippen LogP contribution in [0.25, 0.3) is 0 Å². The molecule has 6 heteroatoms. The zero-order valence-corrected chi connectivity index (χ0v) is 13.1. The van der Waals surface area contributed by atoms with Gasteiger partial charge in [-0.25, -0.2) is 4.39 Å². The Morgan fingerprint density at radius 2 is 2.33 bits per heavy atom. The van der Waals surface area contributed by atoms with Crippen molar-refractivity contribution in [1.29, 1.82) is 0 Å². The Bertz CT molecular complexity index is 524. The average Bonchev–Trinajstić information content (AvgIpc) is 2.44. The smallest absolute Gasteiger partial charge is 0.252 e. The third kappa shape index (κ3) is 4.15. The molecule has 0 saturated carbocycles. The lowest BCUT2D eigenvalue weighted by Gasteiger charge is -2.33. The summed E-state index contributed by atoms with van der Waals surface area (Å²) in [5.41, 5.74) is 0.626. The van der Waals surface area contributed by atoms with Gasteiger partial charge in [0.25, 0.3) is 5.91 Å². The number of halogens is 2. The van der Waals surface area contributed by atoms with Gasteiger partial charge in [-0.2, -0.15) is 0 Å². The molecule has 1 fully saturated rings. The van der Waals surface area contributed by atoms with Gasteiger partial charge in [-0.3, -0.25) is 4.79 Å². The van der Waals surface area contributed by atoms with E-state index in [0.717, 1.165) is 26.1 Å². The highest BCUT2D eigenvalue weighted by atomic mass is 35.5. The highest BCUT2D eigenvalue weighted by molar-refractivity contribution is 6.33. The summed E-state index contributed by atoms with van der Waals surface area (Å²) in [4.78, 5) is 14.3. The summed E-state index contributed by atoms with van der Waals surface area (Å²) >= 11 is 6.00. The molecular weight excluding hydrogens is 293 g/mol. The molecule has 2 N–H and O–H groups in total. The first-order valence-corrected chi connectivity index (χ1v) is 7.51. The van der Waals surface area contributed by atoms with E-state index in [1.165, 1.54) is 12.1 Å². The van der Waals surface area contributed by atoms with E-state index in [0.29, 0.717) is 18.2 Å². The fourth-order valence-corrected chi connectivity index (χ4v) is 2.76. The third-order valence-electron chi connectivity index (χ3n) is 3.90. The van der Waals surface area contributed by atoms with Gasteiger partial charge < -0.3 is 15.5 Å². The number of amides is 1. The number of hydrogen-bond acceptors (Lipinski definition) is 3. The van der Waals surface area contributed by atoms with E-state index in [2.05, 4.69) is 22.6 Å². The molecule has 1 aliphatic rings. The van der Waals surface area contributed by atoms with Crippen molar-refractivity contribution in [3.63, 3.8) is 0 Å². The molecule has 0 bridgehead atoms. The zero-order valence-electron chi connectivity index (χ0n) is 12.4. The maximum Gasteiger partial charge on any atom is 0.252 e. The summed E-state index contributed by atoms with van der Waals surface area (Å²) in [6, 6.07) is 3.08. The molecule has 1 saturated heterocycles. The second-order valence-electron chi connectivity index (χ2n) is 5.46. The van der Waals surface area contributed by atoms with Crippen LogP contribution >= 0.6 is 11.6 Å². The minimum atomic E-state index is -0.416. The molecule has 1 atom stereocenters. The number of carbonyl (C=O) groups is 1. The first-order chi connectivity index (χ1) is 9.99. The number of likely N-dealkylation sites (N-methyl/N-ethyl adjacent to an activating group) is 1. The SMILES string of the molecule is Cc1cc(Cl)c(C(=O)NCCC2CNCCN2C)cc1F. The van der Waals surface area contributed by atoms with Crippen LogP contribution in [0.5, 0.6) is 0 Å². The number of piperazine rings is 1. The largest absolute Gasteiger partial charge is 0.352 e. The normalized spacial score (nSPS) is 19.5. The summed E-state index contributed by atoms with van der Waals surface area (Å²) in [6.07, 6.45) is 0.848. The maximum atomic E-state index is 13.5. The van der Waals surface area contributed by atoms with Crippen molar-refractivity contribution in [3.8, 4) is 0 Å². The lowest BCUT2D eigenvalue weighted by atomic mass is 10.1. The van der Waals surface area contributed by atoms with Crippen LogP contribution in [0.15, 0.2) is 12.1 Å². The van der Waals surface area contributed by atoms with E-state index in [-0.39, 0.29) is 16.5 Å². The number of nitrogens with one attached hydrogen (secondary N) is 2. The third-order valence-corrected chi connectivity index (χ3v) is 4.21. The number of hydrogen-bond donors (Lipinski definition) is 2. The number of nitrogens with zero attached hydrogens (tertiary/aromatic N) is 1. The van der Waals surface area contributed by atoms with Crippen LogP contribution in [0.3, 0.4) is 0 Å². The van der Waals surface area contributed by atoms with Crippen molar-refractivity contribution in [2.45, 2.75) is 19.4 Å². The van der Waals surface area contributed by atoms with E-state index in [9.17, 15) is 9.18 Å². The van der Waals surface area contributed by atoms with Gasteiger partial charge >= 0.3 is 0 Å². The Morgan fingerprint density at radius 1 is 1.57 bits per heavy atom. The van der Waals surface area contributed by atoms with E-state index in [1.54, 1.807) is 6.92 Å². The number of benzene rings is 1. The molecular formula is C15H21ClFN3O. The number of rotatable bonds is 4. The number of carbonyl (C=O) groups excluding carboxylic acids is 1. The first kappa shape index (κ1) is 16.2. The minimum absolute atomic E-state index is 0.190. The molecule has 1 aromatic carbocycles. The maximum absolute atomic E-state index is 13.5. The van der Waals surface area contributed by atoms with Gasteiger partial charge in [0.2, 0.25) is 0 Å². The molecule has 1 amide bonds. The summed E-state index contributed by atoms with van der Waals surface area (Å²) in [6.45, 7) is 5.09. The fourth-order valence-electron chi connectivity index (χ4n) is 2.45. The van der Waals surface area contributed by atoms with Gasteiger partial charge in [0.1, 0.15) is 5.82 Å². The molecule has 0 radical (unpaired) electrons. The molecule has 1 aliphatic heterocycles. The molecule has 1 aromatic rings. The first-order valence-electron chi connectivity index (χ1n) is 7.14. The van der Waals surface area contributed by atoms with Crippen molar-refractivity contribution in [1.82, 2.24) is 15.5 Å². The lowest BCUT2D eigenvalue weighted by Crippen LogP contribution is -2.50. The van der Waals surface area contributed by atoms with Crippen molar-refractivity contribution in [2.24, 2.45) is 0 Å². The van der Waals surface area contributed by atoms with Crippen LogP contribution in [0, 0.1) is 12.7 Å². The topological polar surface area (TPSA) is 44.4 Å². The molecule has 21 heavy (non-hydrogen) atoms. The lowest BCUT2D eigenvalue weighted by molar-refractivity contribution is 0.0946. The van der Waals surface area contributed by atoms with E-state index < -0.39 is 5.82 Å². The number of aryl methyl sites for hydroxylation is 1. The van der Waals surface area contributed by atoms with Crippen LogP contribution in [0.1, 0.15) is 22.3 Å². The average molecular weight is 314 g/mol. The second kappa shape index (κ2) is 7.20. The standard InChI is InChI=1S/C15H21ClFN3O/c1-10-7-13(16)12(8-14(10)17)15(21)19-4-3-11-9-18-5-6-20(11)2/h7-8,11,18H,3-6,9H2,1-2H3,(H,19,21). The Morgan fingerprint density at radius 3 is 3.05 bits per heavy atom. The summed E-state index contributed by atoms with van der Waals surface area (Å²) in [5, 5.41) is 6.42. The van der Waals surface area contributed by atoms with E-state index in [1.807, 2.05) is 0 Å². The Labute approximate surface area is 129 Å².